The molecule has 0 radical (unpaired) electrons. The number of hydrogen-bond donors (Lipinski definition) is 1. The highest BCUT2D eigenvalue weighted by atomic mass is 35.5. The highest BCUT2D eigenvalue weighted by Crippen LogP contribution is 2.43. The summed E-state index contributed by atoms with van der Waals surface area (Å²) in [4.78, 5) is 17.8. The Morgan fingerprint density at radius 3 is 1.88 bits per heavy atom. The van der Waals surface area contributed by atoms with E-state index in [1.54, 1.807) is 6.92 Å². The molecule has 0 amide bonds. The number of aromatic nitrogens is 6. The van der Waals surface area contributed by atoms with Crippen LogP contribution in [-0.2, 0) is 28.0 Å². The van der Waals surface area contributed by atoms with Gasteiger partial charge in [0.2, 0.25) is 0 Å². The maximum Gasteiger partial charge on any atom is 0.337 e. The molecule has 10 heteroatoms. The summed E-state index contributed by atoms with van der Waals surface area (Å²) in [6.45, 7) is 8.42. The van der Waals surface area contributed by atoms with Crippen LogP contribution in [0.2, 0.25) is 5.15 Å². The number of tetrazole rings is 1. The molecule has 1 N–H and O–H groups in total. The minimum atomic E-state index is -0.902. The molecule has 0 atom stereocenters. The normalized spacial score (nSPS) is 12.1. The van der Waals surface area contributed by atoms with Crippen LogP contribution in [0.4, 0.5) is 0 Å². The SMILES string of the molecule is CCCCc1nc(Cl)c(C(O)=C(CC(C)C)C(=O)OCC)n1Cc1ccc(-c2ccccc2-c2nnnn2C(c2ccccc2)(c2ccccc2)c2ccccc2)cc1. The molecule has 5 aromatic carbocycles. The maximum absolute atomic E-state index is 13.1. The van der Waals surface area contributed by atoms with Gasteiger partial charge in [0.1, 0.15) is 17.1 Å². The first kappa shape index (κ1) is 40.9. The summed E-state index contributed by atoms with van der Waals surface area (Å²) < 4.78 is 9.24. The van der Waals surface area contributed by atoms with Gasteiger partial charge in [-0.2, -0.15) is 0 Å². The van der Waals surface area contributed by atoms with E-state index in [4.69, 9.17) is 31.6 Å². The van der Waals surface area contributed by atoms with Gasteiger partial charge in [-0.25, -0.2) is 14.5 Å². The topological polar surface area (TPSA) is 108 Å². The van der Waals surface area contributed by atoms with Gasteiger partial charge >= 0.3 is 5.97 Å². The van der Waals surface area contributed by atoms with Gasteiger partial charge < -0.3 is 14.4 Å². The number of carbonyl (C=O) groups is 1. The molecule has 7 rings (SSSR count). The first-order valence-corrected chi connectivity index (χ1v) is 20.6. The number of carbonyl (C=O) groups excluding carboxylic acids is 1. The minimum absolute atomic E-state index is 0.0951. The van der Waals surface area contributed by atoms with Crippen molar-refractivity contribution in [1.29, 1.82) is 0 Å². The van der Waals surface area contributed by atoms with Crippen LogP contribution in [0.25, 0.3) is 28.3 Å². The quantitative estimate of drug-likeness (QED) is 0.0448. The van der Waals surface area contributed by atoms with Crippen molar-refractivity contribution in [2.24, 2.45) is 5.92 Å². The van der Waals surface area contributed by atoms with E-state index in [1.165, 1.54) is 0 Å². The number of halogens is 1. The summed E-state index contributed by atoms with van der Waals surface area (Å²) >= 11 is 6.79. The zero-order valence-corrected chi connectivity index (χ0v) is 34.7. The molecule has 2 aromatic heterocycles. The van der Waals surface area contributed by atoms with Crippen LogP contribution in [-0.4, -0.2) is 47.4 Å². The lowest BCUT2D eigenvalue weighted by molar-refractivity contribution is -0.138. The summed E-state index contributed by atoms with van der Waals surface area (Å²) in [6.07, 6.45) is 2.85. The largest absolute Gasteiger partial charge is 0.505 e. The molecule has 59 heavy (non-hydrogen) atoms. The van der Waals surface area contributed by atoms with Gasteiger partial charge in [-0.3, -0.25) is 0 Å². The molecule has 0 spiro atoms. The molecule has 7 aromatic rings. The van der Waals surface area contributed by atoms with E-state index in [0.29, 0.717) is 30.9 Å². The number of aliphatic hydroxyl groups excluding tert-OH is 1. The lowest BCUT2D eigenvalue weighted by Crippen LogP contribution is -2.39. The third kappa shape index (κ3) is 8.34. The number of hydrogen-bond acceptors (Lipinski definition) is 7. The number of rotatable bonds is 16. The Morgan fingerprint density at radius 2 is 1.34 bits per heavy atom. The average Bonchev–Trinajstić information content (AvgIpc) is 3.87. The van der Waals surface area contributed by atoms with Crippen LogP contribution in [0.1, 0.15) is 80.7 Å². The highest BCUT2D eigenvalue weighted by Gasteiger charge is 2.42. The third-order valence-corrected chi connectivity index (χ3v) is 10.8. The lowest BCUT2D eigenvalue weighted by Gasteiger charge is -2.36. The Labute approximate surface area is 351 Å². The van der Waals surface area contributed by atoms with Gasteiger partial charge in [-0.15, -0.1) is 5.10 Å². The second-order valence-electron chi connectivity index (χ2n) is 15.0. The Morgan fingerprint density at radius 1 is 0.780 bits per heavy atom. The van der Waals surface area contributed by atoms with Crippen molar-refractivity contribution in [1.82, 2.24) is 29.8 Å². The van der Waals surface area contributed by atoms with Crippen molar-refractivity contribution in [3.8, 4) is 22.5 Å². The van der Waals surface area contributed by atoms with Gasteiger partial charge in [0, 0.05) is 18.5 Å². The summed E-state index contributed by atoms with van der Waals surface area (Å²) in [5, 5.41) is 25.7. The first-order valence-electron chi connectivity index (χ1n) is 20.3. The van der Waals surface area contributed by atoms with Crippen LogP contribution in [0.3, 0.4) is 0 Å². The zero-order valence-electron chi connectivity index (χ0n) is 33.9. The standard InChI is InChI=1S/C49H49ClN6O3/c1-5-7-27-43-51-46(50)44(45(57)42(32-34(3)4)48(58)59-6-2)55(43)33-35-28-30-36(31-29-35)40-25-17-18-26-41(40)47-52-53-54-56(47)49(37-19-11-8-12-20-37,38-21-13-9-14-22-38)39-23-15-10-16-24-39/h8-26,28-31,34,57H,5-7,27,32-33H2,1-4H3. The van der Waals surface area contributed by atoms with Gasteiger partial charge in [0.05, 0.1) is 12.2 Å². The molecule has 0 saturated carbocycles. The predicted molar refractivity (Wildman–Crippen MR) is 234 cm³/mol. The van der Waals surface area contributed by atoms with E-state index >= 15 is 0 Å². The molecule has 9 nitrogen and oxygen atoms in total. The summed E-state index contributed by atoms with van der Waals surface area (Å²) in [5.41, 5.74) is 6.44. The second kappa shape index (κ2) is 18.5. The number of nitrogens with zero attached hydrogens (tertiary/aromatic N) is 6. The minimum Gasteiger partial charge on any atom is -0.505 e. The molecule has 0 saturated heterocycles. The third-order valence-electron chi connectivity index (χ3n) is 10.5. The molecule has 0 aliphatic heterocycles. The van der Waals surface area contributed by atoms with Gasteiger partial charge in [0.15, 0.2) is 16.7 Å². The maximum atomic E-state index is 13.1. The van der Waals surface area contributed by atoms with E-state index < -0.39 is 11.5 Å². The lowest BCUT2D eigenvalue weighted by atomic mass is 9.77. The molecular weight excluding hydrogens is 756 g/mol. The number of esters is 1. The number of unbranched alkanes of at least 4 members (excludes halogenated alkanes) is 1. The fourth-order valence-corrected chi connectivity index (χ4v) is 8.11. The number of aliphatic hydroxyl groups is 1. The van der Waals surface area contributed by atoms with Crippen LogP contribution >= 0.6 is 11.6 Å². The summed E-state index contributed by atoms with van der Waals surface area (Å²) in [6, 6.07) is 47.6. The molecule has 0 fully saturated rings. The molecule has 0 unspecified atom stereocenters. The van der Waals surface area contributed by atoms with E-state index in [9.17, 15) is 9.90 Å². The summed E-state index contributed by atoms with van der Waals surface area (Å²) in [5.74, 6) is 0.697. The van der Waals surface area contributed by atoms with Gasteiger partial charge in [-0.05, 0) is 69.5 Å². The van der Waals surface area contributed by atoms with Crippen LogP contribution in [0, 0.1) is 5.92 Å². The Bertz CT molecular complexity index is 2420. The van der Waals surface area contributed by atoms with E-state index in [-0.39, 0.29) is 29.0 Å². The fourth-order valence-electron chi connectivity index (χ4n) is 7.82. The first-order chi connectivity index (χ1) is 28.8. The van der Waals surface area contributed by atoms with Gasteiger partial charge in [-0.1, -0.05) is 178 Å². The number of aryl methyl sites for hydroxylation is 1. The molecular formula is C49H49ClN6O3. The number of benzene rings is 5. The molecule has 0 bridgehead atoms. The average molecular weight is 805 g/mol. The molecule has 0 aliphatic rings. The van der Waals surface area contributed by atoms with E-state index in [2.05, 4.69) is 84.9 Å². The molecule has 300 valence electrons. The smallest absolute Gasteiger partial charge is 0.337 e. The monoisotopic (exact) mass is 804 g/mol. The highest BCUT2D eigenvalue weighted by molar-refractivity contribution is 6.31. The Kier molecular flexibility index (Phi) is 12.8. The van der Waals surface area contributed by atoms with E-state index in [0.717, 1.165) is 57.6 Å². The van der Waals surface area contributed by atoms with Crippen molar-refractivity contribution < 1.29 is 14.6 Å². The van der Waals surface area contributed by atoms with Crippen LogP contribution < -0.4 is 0 Å². The van der Waals surface area contributed by atoms with Crippen molar-refractivity contribution in [3.63, 3.8) is 0 Å². The Hall–Kier alpha value is -6.32. The van der Waals surface area contributed by atoms with Crippen molar-refractivity contribution in [2.45, 2.75) is 65.5 Å². The molecule has 0 aliphatic carbocycles. The Balaban J connectivity index is 1.32. The van der Waals surface area contributed by atoms with Crippen molar-refractivity contribution in [2.75, 3.05) is 6.61 Å². The van der Waals surface area contributed by atoms with Crippen molar-refractivity contribution >= 4 is 23.3 Å². The zero-order chi connectivity index (χ0) is 41.4. The number of imidazole rings is 1. The number of ether oxygens (including phenoxy) is 1. The van der Waals surface area contributed by atoms with Gasteiger partial charge in [0.25, 0.3) is 0 Å². The van der Waals surface area contributed by atoms with Crippen molar-refractivity contribution in [3.05, 3.63) is 184 Å². The fraction of sp³-hybridized carbons (Fsp3) is 0.245. The predicted octanol–water partition coefficient (Wildman–Crippen LogP) is 11.0. The second-order valence-corrected chi connectivity index (χ2v) is 15.3. The van der Waals surface area contributed by atoms with Crippen LogP contribution in [0.15, 0.2) is 145 Å². The molecule has 2 heterocycles. The van der Waals surface area contributed by atoms with E-state index in [1.807, 2.05) is 89.8 Å². The summed E-state index contributed by atoms with van der Waals surface area (Å²) in [7, 11) is 0. The van der Waals surface area contributed by atoms with Crippen LogP contribution in [0.5, 0.6) is 0 Å².